The molecular weight excluding hydrogens is 298 g/mol. The first-order chi connectivity index (χ1) is 11.7. The summed E-state index contributed by atoms with van der Waals surface area (Å²) in [6, 6.07) is 18.4. The van der Waals surface area contributed by atoms with E-state index in [-0.39, 0.29) is 11.9 Å². The van der Waals surface area contributed by atoms with Gasteiger partial charge in [-0.2, -0.15) is 0 Å². The first-order valence-corrected chi connectivity index (χ1v) is 8.50. The molecule has 4 nitrogen and oxygen atoms in total. The van der Waals surface area contributed by atoms with Crippen LogP contribution in [0.1, 0.15) is 27.9 Å². The fourth-order valence-electron chi connectivity index (χ4n) is 3.27. The highest BCUT2D eigenvalue weighted by molar-refractivity contribution is 5.94. The fraction of sp³-hybridized carbons (Fsp3) is 0.350. The molecule has 1 saturated heterocycles. The first kappa shape index (κ1) is 16.7. The van der Waals surface area contributed by atoms with Crippen molar-refractivity contribution >= 4 is 5.91 Å². The van der Waals surface area contributed by atoms with E-state index >= 15 is 0 Å². The van der Waals surface area contributed by atoms with Gasteiger partial charge in [0.1, 0.15) is 0 Å². The molecule has 2 aromatic carbocycles. The zero-order valence-electron chi connectivity index (χ0n) is 14.2. The number of carbonyl (C=O) groups excluding carboxylic acids is 1. The SMILES string of the molecule is CN(C(=O)c1ccc(CN)cc1)C1CCN(Cc2ccccc2)C1. The molecule has 1 fully saturated rings. The van der Waals surface area contributed by atoms with E-state index in [9.17, 15) is 4.79 Å². The Labute approximate surface area is 143 Å². The molecule has 3 rings (SSSR count). The van der Waals surface area contributed by atoms with Gasteiger partial charge in [-0.15, -0.1) is 0 Å². The quantitative estimate of drug-likeness (QED) is 0.920. The number of carbonyl (C=O) groups is 1. The Hall–Kier alpha value is -2.17. The second kappa shape index (κ2) is 7.60. The Bertz CT molecular complexity index is 669. The molecule has 0 aromatic heterocycles. The molecule has 1 amide bonds. The highest BCUT2D eigenvalue weighted by atomic mass is 16.2. The van der Waals surface area contributed by atoms with E-state index in [1.54, 1.807) is 0 Å². The van der Waals surface area contributed by atoms with Gasteiger partial charge in [0.25, 0.3) is 5.91 Å². The molecule has 0 radical (unpaired) electrons. The third kappa shape index (κ3) is 3.83. The minimum absolute atomic E-state index is 0.0881. The van der Waals surface area contributed by atoms with Crippen LogP contribution in [-0.4, -0.2) is 41.9 Å². The monoisotopic (exact) mass is 323 g/mol. The van der Waals surface area contributed by atoms with Crippen molar-refractivity contribution in [3.63, 3.8) is 0 Å². The van der Waals surface area contributed by atoms with Crippen LogP contribution in [0.2, 0.25) is 0 Å². The summed E-state index contributed by atoms with van der Waals surface area (Å²) in [7, 11) is 1.91. The lowest BCUT2D eigenvalue weighted by Gasteiger charge is -2.25. The van der Waals surface area contributed by atoms with Gasteiger partial charge in [0.15, 0.2) is 0 Å². The summed E-state index contributed by atoms with van der Waals surface area (Å²) in [5.74, 6) is 0.0881. The normalized spacial score (nSPS) is 17.8. The van der Waals surface area contributed by atoms with Crippen molar-refractivity contribution in [1.29, 1.82) is 0 Å². The molecule has 1 unspecified atom stereocenters. The standard InChI is InChI=1S/C20H25N3O/c1-22(20(24)18-9-7-16(13-21)8-10-18)19-11-12-23(15-19)14-17-5-3-2-4-6-17/h2-10,19H,11-15,21H2,1H3. The van der Waals surface area contributed by atoms with Gasteiger partial charge in [-0.1, -0.05) is 42.5 Å². The Morgan fingerprint density at radius 3 is 2.50 bits per heavy atom. The molecule has 0 saturated carbocycles. The molecule has 126 valence electrons. The van der Waals surface area contributed by atoms with Crippen LogP contribution < -0.4 is 5.73 Å². The lowest BCUT2D eigenvalue weighted by molar-refractivity contribution is 0.0735. The van der Waals surface area contributed by atoms with Crippen LogP contribution in [0.4, 0.5) is 0 Å². The zero-order valence-corrected chi connectivity index (χ0v) is 14.2. The highest BCUT2D eigenvalue weighted by Crippen LogP contribution is 2.19. The number of amides is 1. The molecule has 4 heteroatoms. The Kier molecular flexibility index (Phi) is 5.28. The van der Waals surface area contributed by atoms with Crippen molar-refractivity contribution in [2.75, 3.05) is 20.1 Å². The maximum absolute atomic E-state index is 12.7. The molecule has 0 aliphatic carbocycles. The summed E-state index contributed by atoms with van der Waals surface area (Å²) >= 11 is 0. The van der Waals surface area contributed by atoms with Crippen molar-refractivity contribution in [3.05, 3.63) is 71.3 Å². The van der Waals surface area contributed by atoms with Crippen molar-refractivity contribution in [1.82, 2.24) is 9.80 Å². The van der Waals surface area contributed by atoms with Crippen LogP contribution in [0, 0.1) is 0 Å². The van der Waals surface area contributed by atoms with Crippen molar-refractivity contribution < 1.29 is 4.79 Å². The van der Waals surface area contributed by atoms with E-state index < -0.39 is 0 Å². The van der Waals surface area contributed by atoms with Crippen LogP contribution in [0.3, 0.4) is 0 Å². The van der Waals surface area contributed by atoms with Crippen molar-refractivity contribution in [2.45, 2.75) is 25.6 Å². The average Bonchev–Trinajstić information content (AvgIpc) is 3.10. The second-order valence-corrected chi connectivity index (χ2v) is 6.48. The fourth-order valence-corrected chi connectivity index (χ4v) is 3.27. The van der Waals surface area contributed by atoms with Gasteiger partial charge in [-0.25, -0.2) is 0 Å². The topological polar surface area (TPSA) is 49.6 Å². The molecule has 0 bridgehead atoms. The summed E-state index contributed by atoms with van der Waals surface area (Å²) in [5.41, 5.74) is 8.71. The molecule has 24 heavy (non-hydrogen) atoms. The van der Waals surface area contributed by atoms with Crippen LogP contribution in [0.15, 0.2) is 54.6 Å². The molecule has 1 aliphatic rings. The molecule has 1 heterocycles. The lowest BCUT2D eigenvalue weighted by atomic mass is 10.1. The van der Waals surface area contributed by atoms with E-state index in [1.165, 1.54) is 5.56 Å². The third-order valence-electron chi connectivity index (χ3n) is 4.80. The minimum Gasteiger partial charge on any atom is -0.337 e. The van der Waals surface area contributed by atoms with Crippen LogP contribution >= 0.6 is 0 Å². The average molecular weight is 323 g/mol. The Morgan fingerprint density at radius 2 is 1.83 bits per heavy atom. The zero-order chi connectivity index (χ0) is 16.9. The number of nitrogens with two attached hydrogens (primary N) is 1. The minimum atomic E-state index is 0.0881. The van der Waals surface area contributed by atoms with Gasteiger partial charge in [0.05, 0.1) is 0 Å². The number of hydrogen-bond donors (Lipinski definition) is 1. The molecule has 2 N–H and O–H groups in total. The number of rotatable bonds is 5. The number of nitrogens with zero attached hydrogens (tertiary/aromatic N) is 2. The van der Waals surface area contributed by atoms with Gasteiger partial charge in [0.2, 0.25) is 0 Å². The predicted molar refractivity (Wildman–Crippen MR) is 96.6 cm³/mol. The third-order valence-corrected chi connectivity index (χ3v) is 4.80. The Balaban J connectivity index is 1.59. The number of benzene rings is 2. The highest BCUT2D eigenvalue weighted by Gasteiger charge is 2.28. The van der Waals surface area contributed by atoms with E-state index in [2.05, 4.69) is 29.2 Å². The van der Waals surface area contributed by atoms with E-state index in [1.807, 2.05) is 42.3 Å². The van der Waals surface area contributed by atoms with Crippen molar-refractivity contribution in [2.24, 2.45) is 5.73 Å². The van der Waals surface area contributed by atoms with Crippen LogP contribution in [-0.2, 0) is 13.1 Å². The summed E-state index contributed by atoms with van der Waals surface area (Å²) < 4.78 is 0. The Morgan fingerprint density at radius 1 is 1.12 bits per heavy atom. The number of hydrogen-bond acceptors (Lipinski definition) is 3. The lowest BCUT2D eigenvalue weighted by Crippen LogP contribution is -2.38. The van der Waals surface area contributed by atoms with Gasteiger partial charge >= 0.3 is 0 Å². The smallest absolute Gasteiger partial charge is 0.253 e. The van der Waals surface area contributed by atoms with E-state index in [4.69, 9.17) is 5.73 Å². The maximum atomic E-state index is 12.7. The second-order valence-electron chi connectivity index (χ2n) is 6.48. The maximum Gasteiger partial charge on any atom is 0.253 e. The molecule has 1 atom stereocenters. The molecule has 0 spiro atoms. The van der Waals surface area contributed by atoms with Crippen LogP contribution in [0.25, 0.3) is 0 Å². The molecule has 2 aromatic rings. The van der Waals surface area contributed by atoms with E-state index in [0.717, 1.165) is 37.2 Å². The number of likely N-dealkylation sites (tertiary alicyclic amines) is 1. The summed E-state index contributed by atoms with van der Waals surface area (Å²) in [4.78, 5) is 17.0. The largest absolute Gasteiger partial charge is 0.337 e. The molecule has 1 aliphatic heterocycles. The van der Waals surface area contributed by atoms with E-state index in [0.29, 0.717) is 6.54 Å². The number of likely N-dealkylation sites (N-methyl/N-ethyl adjacent to an activating group) is 1. The van der Waals surface area contributed by atoms with Crippen molar-refractivity contribution in [3.8, 4) is 0 Å². The summed E-state index contributed by atoms with van der Waals surface area (Å²) in [6.45, 7) is 3.41. The van der Waals surface area contributed by atoms with Gasteiger partial charge in [0, 0.05) is 44.8 Å². The van der Waals surface area contributed by atoms with Gasteiger partial charge in [-0.05, 0) is 29.7 Å². The summed E-state index contributed by atoms with van der Waals surface area (Å²) in [6.07, 6.45) is 1.02. The first-order valence-electron chi connectivity index (χ1n) is 8.50. The van der Waals surface area contributed by atoms with Gasteiger partial charge < -0.3 is 10.6 Å². The predicted octanol–water partition coefficient (Wildman–Crippen LogP) is 2.49. The van der Waals surface area contributed by atoms with Gasteiger partial charge in [-0.3, -0.25) is 9.69 Å². The summed E-state index contributed by atoms with van der Waals surface area (Å²) in [5, 5.41) is 0. The molecular formula is C20H25N3O. The van der Waals surface area contributed by atoms with Crippen LogP contribution in [0.5, 0.6) is 0 Å².